The molecule has 1 saturated carbocycles. The third-order valence-corrected chi connectivity index (χ3v) is 7.06. The van der Waals surface area contributed by atoms with E-state index in [2.05, 4.69) is 49.6 Å². The maximum absolute atomic E-state index is 12.4. The summed E-state index contributed by atoms with van der Waals surface area (Å²) in [4.78, 5) is 21.3. The van der Waals surface area contributed by atoms with Gasteiger partial charge in [-0.15, -0.1) is 0 Å². The molecule has 0 radical (unpaired) electrons. The summed E-state index contributed by atoms with van der Waals surface area (Å²) in [5, 5.41) is 19.4. The standard InChI is InChI=1S/C27H35FO4.C4H6O2/c1-19(16-29)27(30)32-18-26(17-31-2)25-12-11-23-14-22(9-10-24(23)15-25)21-7-5-20(6-8-21)4-3-13-28;1-4(2-5)3-6/h9-12,14-15,20-21,26,29H,1,3-8,13,16-18H2,2H3;2,6H,1,3H2. The topological polar surface area (TPSA) is 93.1 Å². The molecule has 1 fully saturated rings. The van der Waals surface area contributed by atoms with Crippen LogP contribution in [0.3, 0.4) is 0 Å². The first kappa shape index (κ1) is 31.3. The van der Waals surface area contributed by atoms with E-state index in [0.717, 1.165) is 17.4 Å². The molecule has 0 saturated heterocycles. The first-order chi connectivity index (χ1) is 18.4. The Kier molecular flexibility index (Phi) is 13.9. The van der Waals surface area contributed by atoms with Crippen molar-refractivity contribution in [3.05, 3.63) is 71.8 Å². The van der Waals surface area contributed by atoms with Gasteiger partial charge in [0, 0.05) is 18.6 Å². The van der Waals surface area contributed by atoms with Crippen molar-refractivity contribution < 1.29 is 33.7 Å². The molecule has 2 N–H and O–H groups in total. The lowest BCUT2D eigenvalue weighted by Crippen LogP contribution is -2.18. The molecule has 6 nitrogen and oxygen atoms in total. The number of alkyl halides is 1. The van der Waals surface area contributed by atoms with Crippen molar-refractivity contribution in [2.45, 2.75) is 50.4 Å². The number of aldehydes is 1. The number of rotatable bonds is 13. The molecular weight excluding hydrogens is 487 g/mol. The third kappa shape index (κ3) is 9.78. The van der Waals surface area contributed by atoms with E-state index < -0.39 is 12.6 Å². The Hall–Kier alpha value is -2.87. The number of methoxy groups -OCH3 is 1. The summed E-state index contributed by atoms with van der Waals surface area (Å²) in [5.41, 5.74) is 2.70. The number of hydrogen-bond acceptors (Lipinski definition) is 6. The van der Waals surface area contributed by atoms with Crippen molar-refractivity contribution in [3.63, 3.8) is 0 Å². The van der Waals surface area contributed by atoms with Crippen LogP contribution in [0.25, 0.3) is 10.8 Å². The summed E-state index contributed by atoms with van der Waals surface area (Å²) >= 11 is 0. The zero-order valence-corrected chi connectivity index (χ0v) is 22.4. The molecule has 0 aromatic heterocycles. The second-order valence-electron chi connectivity index (χ2n) is 9.86. The number of ether oxygens (including phenoxy) is 2. The first-order valence-corrected chi connectivity index (χ1v) is 13.1. The molecule has 2 aromatic rings. The van der Waals surface area contributed by atoms with E-state index in [9.17, 15) is 14.0 Å². The Morgan fingerprint density at radius 1 is 1.05 bits per heavy atom. The van der Waals surface area contributed by atoms with Crippen LogP contribution in [0.4, 0.5) is 4.39 Å². The van der Waals surface area contributed by atoms with Crippen molar-refractivity contribution in [1.82, 2.24) is 0 Å². The van der Waals surface area contributed by atoms with E-state index in [0.29, 0.717) is 31.1 Å². The van der Waals surface area contributed by atoms with Gasteiger partial charge in [-0.1, -0.05) is 49.6 Å². The molecule has 3 rings (SSSR count). The zero-order chi connectivity index (χ0) is 27.9. The first-order valence-electron chi connectivity index (χ1n) is 13.1. The molecule has 208 valence electrons. The van der Waals surface area contributed by atoms with Gasteiger partial charge in [0.2, 0.25) is 0 Å². The summed E-state index contributed by atoms with van der Waals surface area (Å²) in [6.07, 6.45) is 7.01. The Bertz CT molecular complexity index is 1060. The van der Waals surface area contributed by atoms with Crippen molar-refractivity contribution >= 4 is 23.0 Å². The molecule has 38 heavy (non-hydrogen) atoms. The van der Waals surface area contributed by atoms with Crippen LogP contribution >= 0.6 is 0 Å². The van der Waals surface area contributed by atoms with E-state index in [1.54, 1.807) is 7.11 Å². The molecule has 1 unspecified atom stereocenters. The number of aliphatic hydroxyl groups excluding tert-OH is 2. The van der Waals surface area contributed by atoms with Crippen LogP contribution in [-0.2, 0) is 19.1 Å². The summed E-state index contributed by atoms with van der Waals surface area (Å²) in [7, 11) is 1.63. The van der Waals surface area contributed by atoms with Crippen LogP contribution in [0, 0.1) is 5.92 Å². The van der Waals surface area contributed by atoms with Crippen LogP contribution < -0.4 is 0 Å². The van der Waals surface area contributed by atoms with Gasteiger partial charge in [0.15, 0.2) is 0 Å². The average molecular weight is 529 g/mol. The summed E-state index contributed by atoms with van der Waals surface area (Å²) < 4.78 is 23.1. The maximum atomic E-state index is 12.4. The van der Waals surface area contributed by atoms with Gasteiger partial charge in [-0.05, 0) is 72.3 Å². The van der Waals surface area contributed by atoms with Gasteiger partial charge in [-0.2, -0.15) is 0 Å². The van der Waals surface area contributed by atoms with Crippen LogP contribution in [0.5, 0.6) is 0 Å². The number of halogens is 1. The fraction of sp³-hybridized carbons (Fsp3) is 0.484. The predicted octanol–water partition coefficient (Wildman–Crippen LogP) is 5.42. The Morgan fingerprint density at radius 3 is 2.32 bits per heavy atom. The highest BCUT2D eigenvalue weighted by molar-refractivity contribution is 5.88. The van der Waals surface area contributed by atoms with Crippen molar-refractivity contribution in [3.8, 4) is 0 Å². The monoisotopic (exact) mass is 528 g/mol. The van der Waals surface area contributed by atoms with Gasteiger partial charge in [0.25, 0.3) is 0 Å². The Balaban J connectivity index is 0.000000757. The normalized spacial score (nSPS) is 17.7. The largest absolute Gasteiger partial charge is 0.462 e. The number of benzene rings is 2. The number of esters is 1. The van der Waals surface area contributed by atoms with Gasteiger partial charge in [-0.3, -0.25) is 9.18 Å². The lowest BCUT2D eigenvalue weighted by atomic mass is 9.77. The molecule has 0 spiro atoms. The molecular formula is C31H41FO6. The fourth-order valence-electron chi connectivity index (χ4n) is 4.76. The average Bonchev–Trinajstić information content (AvgIpc) is 2.97. The Labute approximate surface area is 225 Å². The minimum absolute atomic E-state index is 0.0451. The van der Waals surface area contributed by atoms with Crippen LogP contribution in [0.1, 0.15) is 61.5 Å². The summed E-state index contributed by atoms with van der Waals surface area (Å²) in [6.45, 7) is 6.43. The molecule has 1 aliphatic carbocycles. The fourth-order valence-corrected chi connectivity index (χ4v) is 4.76. The number of hydrogen-bond donors (Lipinski definition) is 2. The second-order valence-corrected chi connectivity index (χ2v) is 9.86. The quantitative estimate of drug-likeness (QED) is 0.205. The second kappa shape index (κ2) is 16.9. The predicted molar refractivity (Wildman–Crippen MR) is 148 cm³/mol. The number of fused-ring (bicyclic) bond motifs is 1. The minimum atomic E-state index is -0.585. The number of carbonyl (C=O) groups is 2. The number of aliphatic hydroxyl groups is 2. The van der Waals surface area contributed by atoms with E-state index in [1.165, 1.54) is 36.6 Å². The van der Waals surface area contributed by atoms with Crippen LogP contribution in [0.2, 0.25) is 0 Å². The van der Waals surface area contributed by atoms with Gasteiger partial charge in [-0.25, -0.2) is 4.79 Å². The minimum Gasteiger partial charge on any atom is -0.462 e. The van der Waals surface area contributed by atoms with Crippen molar-refractivity contribution in [2.75, 3.05) is 40.2 Å². The molecule has 0 amide bonds. The maximum Gasteiger partial charge on any atom is 0.335 e. The van der Waals surface area contributed by atoms with E-state index in [-0.39, 0.29) is 37.0 Å². The Morgan fingerprint density at radius 2 is 1.74 bits per heavy atom. The molecule has 0 aliphatic heterocycles. The lowest BCUT2D eigenvalue weighted by Gasteiger charge is -2.29. The molecule has 1 atom stereocenters. The summed E-state index contributed by atoms with van der Waals surface area (Å²) in [6, 6.07) is 13.0. The summed E-state index contributed by atoms with van der Waals surface area (Å²) in [5.74, 6) is 0.588. The highest BCUT2D eigenvalue weighted by atomic mass is 19.1. The van der Waals surface area contributed by atoms with Gasteiger partial charge < -0.3 is 19.7 Å². The molecule has 2 aromatic carbocycles. The van der Waals surface area contributed by atoms with Crippen molar-refractivity contribution in [1.29, 1.82) is 0 Å². The SMILES string of the molecule is C=C(C=O)CO.C=C(CO)C(=O)OCC(COC)c1ccc2cc(C3CCC(CCCF)CC3)ccc2c1. The van der Waals surface area contributed by atoms with Gasteiger partial charge >= 0.3 is 5.97 Å². The molecule has 1 aliphatic rings. The van der Waals surface area contributed by atoms with E-state index >= 15 is 0 Å². The van der Waals surface area contributed by atoms with E-state index in [1.807, 2.05) is 0 Å². The highest BCUT2D eigenvalue weighted by Crippen LogP contribution is 2.38. The zero-order valence-electron chi connectivity index (χ0n) is 22.4. The van der Waals surface area contributed by atoms with Crippen LogP contribution in [0.15, 0.2) is 60.7 Å². The molecule has 7 heteroatoms. The van der Waals surface area contributed by atoms with Crippen LogP contribution in [-0.4, -0.2) is 62.7 Å². The van der Waals surface area contributed by atoms with E-state index in [4.69, 9.17) is 19.7 Å². The number of carbonyl (C=O) groups excluding carboxylic acids is 2. The third-order valence-electron chi connectivity index (χ3n) is 7.06. The lowest BCUT2D eigenvalue weighted by molar-refractivity contribution is -0.140. The molecule has 0 heterocycles. The molecule has 0 bridgehead atoms. The van der Waals surface area contributed by atoms with Gasteiger partial charge in [0.05, 0.1) is 32.1 Å². The highest BCUT2D eigenvalue weighted by Gasteiger charge is 2.22. The smallest absolute Gasteiger partial charge is 0.335 e. The van der Waals surface area contributed by atoms with Crippen molar-refractivity contribution in [2.24, 2.45) is 5.92 Å². The van der Waals surface area contributed by atoms with Gasteiger partial charge in [0.1, 0.15) is 12.9 Å².